The van der Waals surface area contributed by atoms with Gasteiger partial charge in [0.25, 0.3) is 11.8 Å². The van der Waals surface area contributed by atoms with Crippen molar-refractivity contribution in [3.05, 3.63) is 59.7 Å². The lowest BCUT2D eigenvalue weighted by molar-refractivity contribution is -0.123. The highest BCUT2D eigenvalue weighted by molar-refractivity contribution is 6.25. The maximum Gasteiger partial charge on any atom is 0.263 e. The number of carbonyl (C=O) groups is 3. The topological polar surface area (TPSA) is 94.4 Å². The summed E-state index contributed by atoms with van der Waals surface area (Å²) in [4.78, 5) is 38.3. The maximum absolute atomic E-state index is 14.1. The van der Waals surface area contributed by atoms with Crippen LogP contribution in [-0.4, -0.2) is 41.4 Å². The Balaban J connectivity index is 1.50. The van der Waals surface area contributed by atoms with Gasteiger partial charge in [-0.2, -0.15) is 5.11 Å². The van der Waals surface area contributed by atoms with Crippen LogP contribution < -0.4 is 10.2 Å². The first-order valence-electron chi connectivity index (χ1n) is 8.72. The Morgan fingerprint density at radius 3 is 2.52 bits per heavy atom. The third-order valence-electron chi connectivity index (χ3n) is 4.65. The molecular weight excluding hydrogens is 384 g/mol. The van der Waals surface area contributed by atoms with Gasteiger partial charge in [-0.3, -0.25) is 19.4 Å². The molecule has 29 heavy (non-hydrogen) atoms. The minimum Gasteiger partial charge on any atom is -0.324 e. The number of halogens is 2. The number of nitrogens with zero attached hydrogens (tertiary/aromatic N) is 4. The molecule has 2 aromatic carbocycles. The van der Waals surface area contributed by atoms with Gasteiger partial charge in [-0.05, 0) is 31.2 Å². The van der Waals surface area contributed by atoms with Gasteiger partial charge < -0.3 is 5.32 Å². The van der Waals surface area contributed by atoms with Gasteiger partial charge in [0.2, 0.25) is 5.91 Å². The molecule has 10 heteroatoms. The van der Waals surface area contributed by atoms with Crippen LogP contribution in [0.4, 0.5) is 20.2 Å². The standard InChI is InChI=1S/C19H15F2N5O3/c1-10-2-5-12(6-3-10)22-15(27)9-25-17-16(23-24-25)18(28)26(19(17)29)14-7-4-11(20)8-13(14)21/h2-8,16-17H,9H2,1H3,(H,22,27)/t16-,17-/m1/s1. The van der Waals surface area contributed by atoms with E-state index in [9.17, 15) is 23.2 Å². The van der Waals surface area contributed by atoms with Gasteiger partial charge in [-0.15, -0.1) is 0 Å². The second-order valence-electron chi connectivity index (χ2n) is 6.71. The molecule has 1 N–H and O–H groups in total. The molecule has 3 amide bonds. The van der Waals surface area contributed by atoms with E-state index in [1.165, 1.54) is 0 Å². The van der Waals surface area contributed by atoms with Crippen molar-refractivity contribution in [1.29, 1.82) is 0 Å². The zero-order chi connectivity index (χ0) is 20.7. The first-order chi connectivity index (χ1) is 13.8. The molecule has 8 nitrogen and oxygen atoms in total. The van der Waals surface area contributed by atoms with E-state index in [1.54, 1.807) is 12.1 Å². The van der Waals surface area contributed by atoms with Crippen LogP contribution in [0.5, 0.6) is 0 Å². The van der Waals surface area contributed by atoms with Crippen molar-refractivity contribution in [3.8, 4) is 0 Å². The fourth-order valence-corrected chi connectivity index (χ4v) is 3.24. The monoisotopic (exact) mass is 399 g/mol. The second-order valence-corrected chi connectivity index (χ2v) is 6.71. The molecule has 0 saturated carbocycles. The summed E-state index contributed by atoms with van der Waals surface area (Å²) in [6.45, 7) is 1.59. The van der Waals surface area contributed by atoms with Crippen LogP contribution in [0.2, 0.25) is 0 Å². The molecular formula is C19H15F2N5O3. The molecule has 0 aliphatic carbocycles. The molecule has 0 spiro atoms. The molecule has 1 saturated heterocycles. The van der Waals surface area contributed by atoms with Crippen molar-refractivity contribution in [3.63, 3.8) is 0 Å². The minimum absolute atomic E-state index is 0.322. The molecule has 0 bridgehead atoms. The number of imide groups is 1. The largest absolute Gasteiger partial charge is 0.324 e. The van der Waals surface area contributed by atoms with E-state index in [0.717, 1.165) is 22.7 Å². The van der Waals surface area contributed by atoms with Gasteiger partial charge in [0.15, 0.2) is 12.1 Å². The molecule has 1 fully saturated rings. The predicted molar refractivity (Wildman–Crippen MR) is 97.8 cm³/mol. The number of anilines is 2. The lowest BCUT2D eigenvalue weighted by Gasteiger charge is -2.20. The number of hydrogen-bond donors (Lipinski definition) is 1. The first kappa shape index (κ1) is 18.7. The fraction of sp³-hybridized carbons (Fsp3) is 0.211. The molecule has 148 valence electrons. The Bertz CT molecular complexity index is 1040. The molecule has 2 aromatic rings. The van der Waals surface area contributed by atoms with Crippen molar-refractivity contribution < 1.29 is 23.2 Å². The van der Waals surface area contributed by atoms with Crippen molar-refractivity contribution in [2.45, 2.75) is 19.0 Å². The summed E-state index contributed by atoms with van der Waals surface area (Å²) in [5.41, 5.74) is 1.23. The van der Waals surface area contributed by atoms with Crippen LogP contribution in [0.15, 0.2) is 52.8 Å². The third kappa shape index (κ3) is 3.33. The summed E-state index contributed by atoms with van der Waals surface area (Å²) in [5, 5.41) is 11.3. The molecule has 2 heterocycles. The Morgan fingerprint density at radius 1 is 1.10 bits per heavy atom. The third-order valence-corrected chi connectivity index (χ3v) is 4.65. The van der Waals surface area contributed by atoms with E-state index in [1.807, 2.05) is 19.1 Å². The van der Waals surface area contributed by atoms with E-state index in [-0.39, 0.29) is 12.2 Å². The summed E-state index contributed by atoms with van der Waals surface area (Å²) < 4.78 is 27.2. The van der Waals surface area contributed by atoms with Gasteiger partial charge >= 0.3 is 0 Å². The van der Waals surface area contributed by atoms with E-state index >= 15 is 0 Å². The Hall–Kier alpha value is -3.69. The number of nitrogens with one attached hydrogen (secondary N) is 1. The molecule has 2 atom stereocenters. The summed E-state index contributed by atoms with van der Waals surface area (Å²) in [6.07, 6.45) is 0. The van der Waals surface area contributed by atoms with Crippen molar-refractivity contribution in [2.24, 2.45) is 10.3 Å². The zero-order valence-electron chi connectivity index (χ0n) is 15.2. The van der Waals surface area contributed by atoms with Crippen molar-refractivity contribution in [1.82, 2.24) is 5.01 Å². The lowest BCUT2D eigenvalue weighted by Crippen LogP contribution is -2.43. The number of aryl methyl sites for hydroxylation is 1. The molecule has 4 rings (SSSR count). The van der Waals surface area contributed by atoms with Crippen LogP contribution in [0.3, 0.4) is 0 Å². The number of rotatable bonds is 4. The van der Waals surface area contributed by atoms with E-state index in [0.29, 0.717) is 16.7 Å². The van der Waals surface area contributed by atoms with E-state index in [2.05, 4.69) is 15.7 Å². The second kappa shape index (κ2) is 7.04. The summed E-state index contributed by atoms with van der Waals surface area (Å²) in [6, 6.07) is 7.31. The van der Waals surface area contributed by atoms with Gasteiger partial charge in [-0.25, -0.2) is 13.7 Å². The zero-order valence-corrected chi connectivity index (χ0v) is 15.2. The van der Waals surface area contributed by atoms with Gasteiger partial charge in [0.05, 0.1) is 5.69 Å². The Morgan fingerprint density at radius 2 is 1.83 bits per heavy atom. The average Bonchev–Trinajstić information content (AvgIpc) is 3.18. The molecule has 0 unspecified atom stereocenters. The lowest BCUT2D eigenvalue weighted by atomic mass is 10.1. The average molecular weight is 399 g/mol. The number of benzene rings is 2. The number of hydrogen-bond acceptors (Lipinski definition) is 6. The van der Waals surface area contributed by atoms with Crippen LogP contribution >= 0.6 is 0 Å². The van der Waals surface area contributed by atoms with Gasteiger partial charge in [0.1, 0.15) is 18.2 Å². The van der Waals surface area contributed by atoms with Gasteiger partial charge in [-0.1, -0.05) is 22.9 Å². The summed E-state index contributed by atoms with van der Waals surface area (Å²) in [5.74, 6) is -3.90. The van der Waals surface area contributed by atoms with Crippen LogP contribution in [0.1, 0.15) is 5.56 Å². The smallest absolute Gasteiger partial charge is 0.263 e. The van der Waals surface area contributed by atoms with Crippen LogP contribution in [-0.2, 0) is 14.4 Å². The number of amides is 3. The summed E-state index contributed by atoms with van der Waals surface area (Å²) in [7, 11) is 0. The highest BCUT2D eigenvalue weighted by Gasteiger charge is 2.55. The highest BCUT2D eigenvalue weighted by atomic mass is 19.1. The maximum atomic E-state index is 14.1. The number of fused-ring (bicyclic) bond motifs is 1. The normalized spacial score (nSPS) is 20.4. The van der Waals surface area contributed by atoms with Crippen molar-refractivity contribution >= 4 is 29.1 Å². The van der Waals surface area contributed by atoms with Crippen LogP contribution in [0.25, 0.3) is 0 Å². The van der Waals surface area contributed by atoms with Crippen molar-refractivity contribution in [2.75, 3.05) is 16.8 Å². The molecule has 2 aliphatic heterocycles. The SMILES string of the molecule is Cc1ccc(NC(=O)CN2N=N[C@H]3C(=O)N(c4ccc(F)cc4F)C(=O)[C@@H]32)cc1. The number of carbonyl (C=O) groups excluding carboxylic acids is 3. The Labute approximate surface area is 163 Å². The minimum atomic E-state index is -1.18. The summed E-state index contributed by atoms with van der Waals surface area (Å²) >= 11 is 0. The Kier molecular flexibility index (Phi) is 4.53. The quantitative estimate of drug-likeness (QED) is 0.798. The molecule has 0 radical (unpaired) electrons. The fourth-order valence-electron chi connectivity index (χ4n) is 3.24. The molecule has 0 aromatic heterocycles. The van der Waals surface area contributed by atoms with E-state index in [4.69, 9.17) is 0 Å². The van der Waals surface area contributed by atoms with Crippen LogP contribution in [0, 0.1) is 18.6 Å². The molecule has 2 aliphatic rings. The van der Waals surface area contributed by atoms with Gasteiger partial charge in [0, 0.05) is 11.8 Å². The van der Waals surface area contributed by atoms with E-state index < -0.39 is 41.4 Å². The first-order valence-corrected chi connectivity index (χ1v) is 8.72. The highest BCUT2D eigenvalue weighted by Crippen LogP contribution is 2.33. The predicted octanol–water partition coefficient (Wildman–Crippen LogP) is 2.21.